The van der Waals surface area contributed by atoms with E-state index in [9.17, 15) is 9.59 Å². The number of carbonyl (C=O) groups excluding carboxylic acids is 1. The largest absolute Gasteiger partial charge is 0.480 e. The lowest BCUT2D eigenvalue weighted by atomic mass is 10.2. The molecular weight excluding hydrogens is 246 g/mol. The van der Waals surface area contributed by atoms with Crippen LogP contribution in [0.2, 0.25) is 0 Å². The molecule has 1 aromatic heterocycles. The molecule has 2 amide bonds. The molecule has 6 heteroatoms. The summed E-state index contributed by atoms with van der Waals surface area (Å²) >= 11 is 0. The Morgan fingerprint density at radius 3 is 2.63 bits per heavy atom. The molecule has 1 unspecified atom stereocenters. The van der Waals surface area contributed by atoms with Crippen molar-refractivity contribution in [1.29, 1.82) is 0 Å². The van der Waals surface area contributed by atoms with Crippen LogP contribution >= 0.6 is 0 Å². The summed E-state index contributed by atoms with van der Waals surface area (Å²) in [5.41, 5.74) is 1.78. The van der Waals surface area contributed by atoms with Crippen molar-refractivity contribution in [3.05, 3.63) is 29.6 Å². The van der Waals surface area contributed by atoms with E-state index in [1.54, 1.807) is 13.1 Å². The highest BCUT2D eigenvalue weighted by molar-refractivity contribution is 5.82. The Labute approximate surface area is 112 Å². The predicted molar refractivity (Wildman–Crippen MR) is 70.7 cm³/mol. The van der Waals surface area contributed by atoms with Gasteiger partial charge in [0.05, 0.1) is 0 Å². The third-order valence-corrected chi connectivity index (χ3v) is 2.88. The summed E-state index contributed by atoms with van der Waals surface area (Å²) < 4.78 is 0. The van der Waals surface area contributed by atoms with E-state index in [4.69, 9.17) is 5.11 Å². The van der Waals surface area contributed by atoms with Crippen molar-refractivity contribution < 1.29 is 14.7 Å². The van der Waals surface area contributed by atoms with E-state index in [0.29, 0.717) is 13.0 Å². The Balaban J connectivity index is 2.55. The molecule has 0 aromatic carbocycles. The maximum absolute atomic E-state index is 11.8. The number of urea groups is 1. The number of likely N-dealkylation sites (N-methyl/N-ethyl adjacent to an activating group) is 1. The second-order valence-corrected chi connectivity index (χ2v) is 4.34. The smallest absolute Gasteiger partial charge is 0.326 e. The van der Waals surface area contributed by atoms with Crippen molar-refractivity contribution in [2.45, 2.75) is 32.9 Å². The van der Waals surface area contributed by atoms with Gasteiger partial charge in [-0.1, -0.05) is 13.0 Å². The predicted octanol–water partition coefficient (Wildman–Crippen LogP) is 1.39. The van der Waals surface area contributed by atoms with Gasteiger partial charge in [-0.3, -0.25) is 4.98 Å². The van der Waals surface area contributed by atoms with Crippen molar-refractivity contribution in [2.75, 3.05) is 7.05 Å². The number of aryl methyl sites for hydroxylation is 1. The molecule has 1 atom stereocenters. The van der Waals surface area contributed by atoms with Crippen molar-refractivity contribution >= 4 is 12.0 Å². The topological polar surface area (TPSA) is 82.5 Å². The quantitative estimate of drug-likeness (QED) is 0.843. The Hall–Kier alpha value is -2.11. The van der Waals surface area contributed by atoms with E-state index in [0.717, 1.165) is 11.3 Å². The van der Waals surface area contributed by atoms with Crippen LogP contribution in [0.1, 0.15) is 24.6 Å². The van der Waals surface area contributed by atoms with Gasteiger partial charge in [-0.25, -0.2) is 9.59 Å². The third-order valence-electron chi connectivity index (χ3n) is 2.88. The van der Waals surface area contributed by atoms with Gasteiger partial charge in [-0.2, -0.15) is 0 Å². The average Bonchev–Trinajstić information content (AvgIpc) is 2.38. The number of nitrogens with one attached hydrogen (secondary N) is 1. The molecule has 1 rings (SSSR count). The standard InChI is InChI=1S/C13H19N3O3/c1-4-11(12(17)18)16(3)13(19)15-8-10-6-5-9(2)14-7-10/h5-7,11H,4,8H2,1-3H3,(H,15,19)(H,17,18). The molecule has 19 heavy (non-hydrogen) atoms. The normalized spacial score (nSPS) is 11.7. The van der Waals surface area contributed by atoms with E-state index >= 15 is 0 Å². The molecule has 0 bridgehead atoms. The maximum Gasteiger partial charge on any atom is 0.326 e. The van der Waals surface area contributed by atoms with Crippen LogP contribution < -0.4 is 5.32 Å². The first-order valence-corrected chi connectivity index (χ1v) is 6.10. The van der Waals surface area contributed by atoms with Crippen LogP contribution in [0, 0.1) is 6.92 Å². The van der Waals surface area contributed by atoms with Crippen LogP contribution in [-0.4, -0.2) is 40.1 Å². The number of carboxylic acid groups (broad SMARTS) is 1. The number of nitrogens with zero attached hydrogens (tertiary/aromatic N) is 2. The van der Waals surface area contributed by atoms with Gasteiger partial charge in [0.1, 0.15) is 6.04 Å². The average molecular weight is 265 g/mol. The number of aromatic nitrogens is 1. The van der Waals surface area contributed by atoms with Crippen molar-refractivity contribution in [1.82, 2.24) is 15.2 Å². The first-order valence-electron chi connectivity index (χ1n) is 6.10. The molecule has 2 N–H and O–H groups in total. The van der Waals surface area contributed by atoms with E-state index in [1.807, 2.05) is 19.1 Å². The Kier molecular flexibility index (Phi) is 5.29. The third kappa shape index (κ3) is 4.24. The second kappa shape index (κ2) is 6.72. The van der Waals surface area contributed by atoms with Crippen LogP contribution in [0.25, 0.3) is 0 Å². The number of hydrogen-bond acceptors (Lipinski definition) is 3. The second-order valence-electron chi connectivity index (χ2n) is 4.34. The van der Waals surface area contributed by atoms with Crippen molar-refractivity contribution in [3.63, 3.8) is 0 Å². The number of amides is 2. The number of hydrogen-bond donors (Lipinski definition) is 2. The van der Waals surface area contributed by atoms with Crippen molar-refractivity contribution in [3.8, 4) is 0 Å². The molecule has 1 heterocycles. The molecule has 1 aromatic rings. The number of aliphatic carboxylic acids is 1. The number of pyridine rings is 1. The van der Waals surface area contributed by atoms with Gasteiger partial charge in [0.2, 0.25) is 0 Å². The summed E-state index contributed by atoms with van der Waals surface area (Å²) in [7, 11) is 1.48. The van der Waals surface area contributed by atoms with E-state index in [-0.39, 0.29) is 0 Å². The molecular formula is C13H19N3O3. The zero-order valence-electron chi connectivity index (χ0n) is 11.4. The molecule has 0 aliphatic heterocycles. The minimum atomic E-state index is -1.00. The summed E-state index contributed by atoms with van der Waals surface area (Å²) in [6.45, 7) is 3.94. The lowest BCUT2D eigenvalue weighted by Gasteiger charge is -2.24. The fourth-order valence-electron chi connectivity index (χ4n) is 1.66. The summed E-state index contributed by atoms with van der Waals surface area (Å²) in [6, 6.07) is 2.51. The molecule has 104 valence electrons. The number of rotatable bonds is 5. The highest BCUT2D eigenvalue weighted by Crippen LogP contribution is 2.03. The SMILES string of the molecule is CCC(C(=O)O)N(C)C(=O)NCc1ccc(C)nc1. The molecule has 0 saturated carbocycles. The zero-order valence-corrected chi connectivity index (χ0v) is 11.4. The Morgan fingerprint density at radius 1 is 1.47 bits per heavy atom. The highest BCUT2D eigenvalue weighted by atomic mass is 16.4. The molecule has 0 fully saturated rings. The van der Waals surface area contributed by atoms with Gasteiger partial charge in [0.15, 0.2) is 0 Å². The van der Waals surface area contributed by atoms with Crippen LogP contribution in [-0.2, 0) is 11.3 Å². The van der Waals surface area contributed by atoms with Gasteiger partial charge < -0.3 is 15.3 Å². The lowest BCUT2D eigenvalue weighted by molar-refractivity contribution is -0.141. The van der Waals surface area contributed by atoms with Gasteiger partial charge in [0, 0.05) is 25.5 Å². The minimum absolute atomic E-state index is 0.326. The van der Waals surface area contributed by atoms with Crippen molar-refractivity contribution in [2.24, 2.45) is 0 Å². The van der Waals surface area contributed by atoms with E-state index in [1.165, 1.54) is 11.9 Å². The summed E-state index contributed by atoms with van der Waals surface area (Å²) in [5.74, 6) is -1.00. The maximum atomic E-state index is 11.8. The van der Waals surface area contributed by atoms with E-state index in [2.05, 4.69) is 10.3 Å². The van der Waals surface area contributed by atoms with Gasteiger partial charge in [0.25, 0.3) is 0 Å². The number of carboxylic acids is 1. The molecule has 0 aliphatic rings. The molecule has 0 aliphatic carbocycles. The van der Waals surface area contributed by atoms with Crippen LogP contribution in [0.4, 0.5) is 4.79 Å². The lowest BCUT2D eigenvalue weighted by Crippen LogP contribution is -2.46. The molecule has 0 spiro atoms. The number of carbonyl (C=O) groups is 2. The zero-order chi connectivity index (χ0) is 14.4. The Bertz CT molecular complexity index is 445. The van der Waals surface area contributed by atoms with Crippen LogP contribution in [0.5, 0.6) is 0 Å². The molecule has 6 nitrogen and oxygen atoms in total. The summed E-state index contributed by atoms with van der Waals surface area (Å²) in [6.07, 6.45) is 2.05. The van der Waals surface area contributed by atoms with Gasteiger partial charge >= 0.3 is 12.0 Å². The first kappa shape index (κ1) is 14.9. The minimum Gasteiger partial charge on any atom is -0.480 e. The fourth-order valence-corrected chi connectivity index (χ4v) is 1.66. The van der Waals surface area contributed by atoms with Crippen LogP contribution in [0.3, 0.4) is 0 Å². The summed E-state index contributed by atoms with van der Waals surface area (Å²) in [5, 5.41) is 11.6. The fraction of sp³-hybridized carbons (Fsp3) is 0.462. The highest BCUT2D eigenvalue weighted by Gasteiger charge is 2.24. The van der Waals surface area contributed by atoms with Gasteiger partial charge in [-0.05, 0) is 25.0 Å². The molecule has 0 radical (unpaired) electrons. The molecule has 0 saturated heterocycles. The Morgan fingerprint density at radius 2 is 2.16 bits per heavy atom. The van der Waals surface area contributed by atoms with Crippen LogP contribution in [0.15, 0.2) is 18.3 Å². The van der Waals surface area contributed by atoms with E-state index < -0.39 is 18.0 Å². The first-order chi connectivity index (χ1) is 8.95. The summed E-state index contributed by atoms with van der Waals surface area (Å²) in [4.78, 5) is 28.1. The monoisotopic (exact) mass is 265 g/mol. The van der Waals surface area contributed by atoms with Gasteiger partial charge in [-0.15, -0.1) is 0 Å².